The van der Waals surface area contributed by atoms with Crippen molar-refractivity contribution >= 4 is 11.7 Å². The summed E-state index contributed by atoms with van der Waals surface area (Å²) in [4.78, 5) is 12.3. The fraction of sp³-hybridized carbons (Fsp3) is 0.364. The second-order valence-electron chi connectivity index (χ2n) is 3.53. The van der Waals surface area contributed by atoms with E-state index in [-0.39, 0.29) is 6.61 Å². The first-order valence-corrected chi connectivity index (χ1v) is 4.63. The van der Waals surface area contributed by atoms with Gasteiger partial charge in [-0.15, -0.1) is 0 Å². The van der Waals surface area contributed by atoms with Gasteiger partial charge in [-0.3, -0.25) is 0 Å². The Morgan fingerprint density at radius 1 is 1.47 bits per heavy atom. The first-order valence-electron chi connectivity index (χ1n) is 4.63. The fourth-order valence-corrected chi connectivity index (χ4v) is 1.36. The number of ether oxygens (including phenoxy) is 1. The number of hydrogen-bond acceptors (Lipinski definition) is 3. The minimum Gasteiger partial charge on any atom is -0.482 e. The van der Waals surface area contributed by atoms with Gasteiger partial charge in [0.25, 0.3) is 0 Å². The Morgan fingerprint density at radius 3 is 2.60 bits per heavy atom. The van der Waals surface area contributed by atoms with Crippen molar-refractivity contribution in [2.45, 2.75) is 6.92 Å². The van der Waals surface area contributed by atoms with Crippen LogP contribution in [0.3, 0.4) is 0 Å². The van der Waals surface area contributed by atoms with E-state index >= 15 is 0 Å². The van der Waals surface area contributed by atoms with Gasteiger partial charge in [-0.2, -0.15) is 0 Å². The first kappa shape index (κ1) is 11.4. The molecule has 0 atom stereocenters. The monoisotopic (exact) mass is 209 g/mol. The number of carbonyl (C=O) groups is 1. The summed E-state index contributed by atoms with van der Waals surface area (Å²) in [7, 11) is 3.92. The topological polar surface area (TPSA) is 49.8 Å². The largest absolute Gasteiger partial charge is 0.482 e. The molecule has 0 heterocycles. The minimum absolute atomic E-state index is 0.305. The lowest BCUT2D eigenvalue weighted by molar-refractivity contribution is -0.139. The van der Waals surface area contributed by atoms with Gasteiger partial charge in [0.15, 0.2) is 6.61 Å². The zero-order chi connectivity index (χ0) is 11.4. The average Bonchev–Trinajstić information content (AvgIpc) is 2.14. The summed E-state index contributed by atoms with van der Waals surface area (Å²) in [5.74, 6) is -0.384. The number of anilines is 1. The number of aryl methyl sites for hydroxylation is 1. The van der Waals surface area contributed by atoms with E-state index in [1.54, 1.807) is 6.07 Å². The van der Waals surface area contributed by atoms with Gasteiger partial charge in [0.1, 0.15) is 5.75 Å². The number of nitrogens with zero attached hydrogens (tertiary/aromatic N) is 1. The number of rotatable bonds is 4. The van der Waals surface area contributed by atoms with Gasteiger partial charge in [-0.25, -0.2) is 4.79 Å². The van der Waals surface area contributed by atoms with Gasteiger partial charge in [0.2, 0.25) is 0 Å². The summed E-state index contributed by atoms with van der Waals surface area (Å²) in [6.07, 6.45) is 0. The lowest BCUT2D eigenvalue weighted by atomic mass is 10.2. The van der Waals surface area contributed by atoms with Crippen LogP contribution < -0.4 is 9.64 Å². The molecule has 0 unspecified atom stereocenters. The van der Waals surface area contributed by atoms with Gasteiger partial charge in [-0.1, -0.05) is 0 Å². The molecular formula is C11H15NO3. The Labute approximate surface area is 89.1 Å². The lowest BCUT2D eigenvalue weighted by Crippen LogP contribution is -2.11. The SMILES string of the molecule is Cc1cc(OCC(=O)O)ccc1N(C)C. The van der Waals surface area contributed by atoms with Crippen molar-refractivity contribution in [3.8, 4) is 5.75 Å². The summed E-state index contributed by atoms with van der Waals surface area (Å²) < 4.78 is 5.06. The average molecular weight is 209 g/mol. The van der Waals surface area contributed by atoms with Gasteiger partial charge in [0.05, 0.1) is 0 Å². The number of benzene rings is 1. The Hall–Kier alpha value is -1.71. The maximum absolute atomic E-state index is 10.3. The van der Waals surface area contributed by atoms with E-state index in [2.05, 4.69) is 0 Å². The molecule has 1 rings (SSSR count). The number of hydrogen-bond donors (Lipinski definition) is 1. The van der Waals surface area contributed by atoms with Crippen LogP contribution in [0, 0.1) is 6.92 Å². The Kier molecular flexibility index (Phi) is 3.55. The second kappa shape index (κ2) is 4.68. The molecule has 1 N–H and O–H groups in total. The van der Waals surface area contributed by atoms with Crippen LogP contribution in [0.4, 0.5) is 5.69 Å². The molecule has 0 amide bonds. The summed E-state index contributed by atoms with van der Waals surface area (Å²) in [6.45, 7) is 1.66. The van der Waals surface area contributed by atoms with E-state index in [0.29, 0.717) is 5.75 Å². The highest BCUT2D eigenvalue weighted by Gasteiger charge is 2.03. The van der Waals surface area contributed by atoms with Crippen LogP contribution in [-0.2, 0) is 4.79 Å². The van der Waals surface area contributed by atoms with Crippen molar-refractivity contribution in [2.75, 3.05) is 25.6 Å². The van der Waals surface area contributed by atoms with Crippen LogP contribution in [0.1, 0.15) is 5.56 Å². The van der Waals surface area contributed by atoms with E-state index in [0.717, 1.165) is 11.3 Å². The minimum atomic E-state index is -0.968. The summed E-state index contributed by atoms with van der Waals surface area (Å²) in [5, 5.41) is 8.45. The number of aliphatic carboxylic acids is 1. The third-order valence-corrected chi connectivity index (χ3v) is 2.01. The number of carboxylic acids is 1. The van der Waals surface area contributed by atoms with Crippen LogP contribution in [0.15, 0.2) is 18.2 Å². The zero-order valence-electron chi connectivity index (χ0n) is 9.15. The highest BCUT2D eigenvalue weighted by Crippen LogP contribution is 2.22. The van der Waals surface area contributed by atoms with Gasteiger partial charge in [0, 0.05) is 19.8 Å². The van der Waals surface area contributed by atoms with Crippen molar-refractivity contribution in [1.82, 2.24) is 0 Å². The fourth-order valence-electron chi connectivity index (χ4n) is 1.36. The standard InChI is InChI=1S/C11H15NO3/c1-8-6-9(15-7-11(13)14)4-5-10(8)12(2)3/h4-6H,7H2,1-3H3,(H,13,14). The number of carboxylic acid groups (broad SMARTS) is 1. The molecule has 0 saturated heterocycles. The molecule has 15 heavy (non-hydrogen) atoms. The molecule has 0 aliphatic carbocycles. The van der Waals surface area contributed by atoms with Crippen molar-refractivity contribution in [3.63, 3.8) is 0 Å². The zero-order valence-corrected chi connectivity index (χ0v) is 9.15. The van der Waals surface area contributed by atoms with Crippen molar-refractivity contribution in [2.24, 2.45) is 0 Å². The normalized spacial score (nSPS) is 9.80. The van der Waals surface area contributed by atoms with E-state index in [1.807, 2.05) is 38.1 Å². The predicted octanol–water partition coefficient (Wildman–Crippen LogP) is 1.52. The van der Waals surface area contributed by atoms with Crippen molar-refractivity contribution in [1.29, 1.82) is 0 Å². The Balaban J connectivity index is 2.77. The molecule has 1 aromatic rings. The molecule has 4 heteroatoms. The molecule has 4 nitrogen and oxygen atoms in total. The van der Waals surface area contributed by atoms with Crippen LogP contribution in [0.25, 0.3) is 0 Å². The lowest BCUT2D eigenvalue weighted by Gasteiger charge is -2.16. The van der Waals surface area contributed by atoms with Gasteiger partial charge in [-0.05, 0) is 30.7 Å². The summed E-state index contributed by atoms with van der Waals surface area (Å²) >= 11 is 0. The maximum Gasteiger partial charge on any atom is 0.341 e. The molecule has 0 fully saturated rings. The second-order valence-corrected chi connectivity index (χ2v) is 3.53. The van der Waals surface area contributed by atoms with Crippen LogP contribution in [-0.4, -0.2) is 31.8 Å². The van der Waals surface area contributed by atoms with Crippen molar-refractivity contribution in [3.05, 3.63) is 23.8 Å². The van der Waals surface area contributed by atoms with E-state index < -0.39 is 5.97 Å². The van der Waals surface area contributed by atoms with E-state index in [4.69, 9.17) is 9.84 Å². The molecule has 0 spiro atoms. The molecule has 0 aliphatic heterocycles. The third-order valence-electron chi connectivity index (χ3n) is 2.01. The van der Waals surface area contributed by atoms with Gasteiger partial charge < -0.3 is 14.7 Å². The molecule has 0 saturated carbocycles. The Morgan fingerprint density at radius 2 is 2.13 bits per heavy atom. The van der Waals surface area contributed by atoms with Crippen LogP contribution >= 0.6 is 0 Å². The quantitative estimate of drug-likeness (QED) is 0.816. The van der Waals surface area contributed by atoms with Crippen LogP contribution in [0.2, 0.25) is 0 Å². The Bertz CT molecular complexity index is 361. The molecule has 82 valence electrons. The van der Waals surface area contributed by atoms with E-state index in [9.17, 15) is 4.79 Å². The third kappa shape index (κ3) is 3.16. The molecule has 0 bridgehead atoms. The first-order chi connectivity index (χ1) is 7.00. The maximum atomic E-state index is 10.3. The summed E-state index contributed by atoms with van der Waals surface area (Å²) in [5.41, 5.74) is 2.15. The van der Waals surface area contributed by atoms with Crippen molar-refractivity contribution < 1.29 is 14.6 Å². The van der Waals surface area contributed by atoms with Crippen LogP contribution in [0.5, 0.6) is 5.75 Å². The molecule has 0 radical (unpaired) electrons. The molecule has 0 aromatic heterocycles. The van der Waals surface area contributed by atoms with Gasteiger partial charge >= 0.3 is 5.97 Å². The predicted molar refractivity (Wildman–Crippen MR) is 58.6 cm³/mol. The highest BCUT2D eigenvalue weighted by molar-refractivity contribution is 5.68. The summed E-state index contributed by atoms with van der Waals surface area (Å²) in [6, 6.07) is 5.51. The highest BCUT2D eigenvalue weighted by atomic mass is 16.5. The molecular weight excluding hydrogens is 194 g/mol. The molecule has 0 aliphatic rings. The van der Waals surface area contributed by atoms with E-state index in [1.165, 1.54) is 0 Å². The molecule has 1 aromatic carbocycles. The smallest absolute Gasteiger partial charge is 0.341 e.